The van der Waals surface area contributed by atoms with Crippen molar-refractivity contribution in [3.63, 3.8) is 0 Å². The third-order valence-corrected chi connectivity index (χ3v) is 5.17. The van der Waals surface area contributed by atoms with E-state index in [1.807, 2.05) is 43.3 Å². The highest BCUT2D eigenvalue weighted by molar-refractivity contribution is 8.00. The first-order chi connectivity index (χ1) is 13.0. The van der Waals surface area contributed by atoms with E-state index in [1.165, 1.54) is 22.9 Å². The molecule has 0 bridgehead atoms. The molecule has 1 N–H and O–H groups in total. The van der Waals surface area contributed by atoms with Crippen LogP contribution in [0.1, 0.15) is 18.1 Å². The number of thioether (sulfide) groups is 1. The third-order valence-electron chi connectivity index (χ3n) is 4.22. The van der Waals surface area contributed by atoms with E-state index in [1.54, 1.807) is 7.05 Å². The van der Waals surface area contributed by atoms with Crippen molar-refractivity contribution in [3.05, 3.63) is 59.7 Å². The van der Waals surface area contributed by atoms with E-state index in [0.717, 1.165) is 22.5 Å². The van der Waals surface area contributed by atoms with Crippen LogP contribution in [0.3, 0.4) is 0 Å². The zero-order valence-electron chi connectivity index (χ0n) is 15.9. The summed E-state index contributed by atoms with van der Waals surface area (Å²) in [5, 5.41) is 11.5. The summed E-state index contributed by atoms with van der Waals surface area (Å²) in [6.45, 7) is 5.93. The zero-order chi connectivity index (χ0) is 19.4. The smallest absolute Gasteiger partial charge is 0.233 e. The number of amides is 1. The Hall–Kier alpha value is -2.73. The molecule has 27 heavy (non-hydrogen) atoms. The van der Waals surface area contributed by atoms with Crippen LogP contribution in [0.25, 0.3) is 22.5 Å². The molecule has 6 heteroatoms. The molecule has 138 valence electrons. The van der Waals surface area contributed by atoms with Crippen molar-refractivity contribution in [3.8, 4) is 22.5 Å². The quantitative estimate of drug-likeness (QED) is 0.679. The maximum absolute atomic E-state index is 11.8. The van der Waals surface area contributed by atoms with Crippen LogP contribution in [-0.2, 0) is 4.79 Å². The Labute approximate surface area is 163 Å². The maximum atomic E-state index is 11.8. The van der Waals surface area contributed by atoms with Crippen molar-refractivity contribution in [1.29, 1.82) is 0 Å². The van der Waals surface area contributed by atoms with Crippen LogP contribution in [0.15, 0.2) is 53.7 Å². The number of carbonyl (C=O) groups excluding carboxylic acids is 1. The van der Waals surface area contributed by atoms with Gasteiger partial charge in [0.25, 0.3) is 0 Å². The second-order valence-electron chi connectivity index (χ2n) is 6.40. The van der Waals surface area contributed by atoms with Crippen LogP contribution in [0.4, 0.5) is 0 Å². The summed E-state index contributed by atoms with van der Waals surface area (Å²) in [6, 6.07) is 16.3. The molecule has 0 unspecified atom stereocenters. The van der Waals surface area contributed by atoms with Gasteiger partial charge in [-0.25, -0.2) is 4.98 Å². The molecule has 0 saturated heterocycles. The van der Waals surface area contributed by atoms with Gasteiger partial charge in [0.1, 0.15) is 11.4 Å². The fourth-order valence-electron chi connectivity index (χ4n) is 2.59. The predicted octanol–water partition coefficient (Wildman–Crippen LogP) is 4.05. The van der Waals surface area contributed by atoms with Crippen molar-refractivity contribution >= 4 is 17.7 Å². The molecule has 2 aromatic carbocycles. The molecule has 0 fully saturated rings. The minimum atomic E-state index is -0.298. The summed E-state index contributed by atoms with van der Waals surface area (Å²) in [5.74, 6) is -0.0666. The maximum Gasteiger partial charge on any atom is 0.233 e. The van der Waals surface area contributed by atoms with Gasteiger partial charge in [-0.2, -0.15) is 0 Å². The van der Waals surface area contributed by atoms with Gasteiger partial charge in [-0.1, -0.05) is 71.4 Å². The minimum Gasteiger partial charge on any atom is -0.358 e. The highest BCUT2D eigenvalue weighted by atomic mass is 32.2. The first-order valence-electron chi connectivity index (χ1n) is 8.75. The van der Waals surface area contributed by atoms with Crippen molar-refractivity contribution in [2.45, 2.75) is 31.2 Å². The van der Waals surface area contributed by atoms with Gasteiger partial charge in [0.2, 0.25) is 11.1 Å². The molecule has 1 amide bonds. The second-order valence-corrected chi connectivity index (χ2v) is 7.71. The molecule has 0 saturated carbocycles. The Morgan fingerprint density at radius 3 is 1.93 bits per heavy atom. The first-order valence-corrected chi connectivity index (χ1v) is 9.63. The number of aromatic nitrogens is 3. The summed E-state index contributed by atoms with van der Waals surface area (Å²) in [7, 11) is 1.62. The van der Waals surface area contributed by atoms with Crippen LogP contribution in [-0.4, -0.2) is 33.4 Å². The Morgan fingerprint density at radius 1 is 0.889 bits per heavy atom. The van der Waals surface area contributed by atoms with Gasteiger partial charge >= 0.3 is 0 Å². The Balaban J connectivity index is 2.06. The zero-order valence-corrected chi connectivity index (χ0v) is 16.7. The normalized spacial score (nSPS) is 11.9. The van der Waals surface area contributed by atoms with Crippen molar-refractivity contribution in [2.75, 3.05) is 7.05 Å². The van der Waals surface area contributed by atoms with Gasteiger partial charge in [0.05, 0.1) is 5.25 Å². The number of hydrogen-bond acceptors (Lipinski definition) is 5. The topological polar surface area (TPSA) is 67.8 Å². The molecule has 3 rings (SSSR count). The molecular weight excluding hydrogens is 356 g/mol. The summed E-state index contributed by atoms with van der Waals surface area (Å²) in [6.07, 6.45) is 0. The monoisotopic (exact) mass is 378 g/mol. The van der Waals surface area contributed by atoms with Crippen LogP contribution in [0, 0.1) is 13.8 Å². The number of nitrogens with one attached hydrogen (secondary N) is 1. The second kappa shape index (κ2) is 8.31. The highest BCUT2D eigenvalue weighted by Crippen LogP contribution is 2.31. The lowest BCUT2D eigenvalue weighted by molar-refractivity contribution is -0.119. The predicted molar refractivity (Wildman–Crippen MR) is 110 cm³/mol. The fourth-order valence-corrected chi connectivity index (χ4v) is 3.37. The number of aryl methyl sites for hydroxylation is 2. The molecule has 0 aliphatic rings. The van der Waals surface area contributed by atoms with Crippen molar-refractivity contribution in [1.82, 2.24) is 20.5 Å². The van der Waals surface area contributed by atoms with Gasteiger partial charge in [0, 0.05) is 18.2 Å². The van der Waals surface area contributed by atoms with E-state index in [-0.39, 0.29) is 11.2 Å². The largest absolute Gasteiger partial charge is 0.358 e. The van der Waals surface area contributed by atoms with E-state index in [9.17, 15) is 4.79 Å². The van der Waals surface area contributed by atoms with Gasteiger partial charge in [-0.15, -0.1) is 10.2 Å². The van der Waals surface area contributed by atoms with E-state index in [0.29, 0.717) is 5.16 Å². The standard InChI is InChI=1S/C21H22N4OS/c1-13-5-9-16(10-6-13)18-19(17-11-7-14(2)8-12-17)24-25-21(23-18)27-15(3)20(26)22-4/h5-12,15H,1-4H3,(H,22,26)/t15-/m1/s1. The summed E-state index contributed by atoms with van der Waals surface area (Å²) in [5.41, 5.74) is 5.80. The Kier molecular flexibility index (Phi) is 5.86. The molecule has 1 atom stereocenters. The first kappa shape index (κ1) is 19.0. The molecule has 5 nitrogen and oxygen atoms in total. The van der Waals surface area contributed by atoms with Crippen LogP contribution in [0.2, 0.25) is 0 Å². The summed E-state index contributed by atoms with van der Waals surface area (Å²) in [4.78, 5) is 16.6. The van der Waals surface area contributed by atoms with E-state index in [2.05, 4.69) is 41.5 Å². The number of hydrogen-bond donors (Lipinski definition) is 1. The SMILES string of the molecule is CNC(=O)[C@@H](C)Sc1nnc(-c2ccc(C)cc2)c(-c2ccc(C)cc2)n1. The number of carbonyl (C=O) groups is 1. The summed E-state index contributed by atoms with van der Waals surface area (Å²) < 4.78 is 0. The molecule has 1 heterocycles. The summed E-state index contributed by atoms with van der Waals surface area (Å²) >= 11 is 1.30. The van der Waals surface area contributed by atoms with Crippen LogP contribution in [0.5, 0.6) is 0 Å². The molecular formula is C21H22N4OS. The molecule has 3 aromatic rings. The fraction of sp³-hybridized carbons (Fsp3) is 0.238. The third kappa shape index (κ3) is 4.52. The molecule has 1 aromatic heterocycles. The van der Waals surface area contributed by atoms with E-state index >= 15 is 0 Å². The van der Waals surface area contributed by atoms with E-state index in [4.69, 9.17) is 4.98 Å². The average Bonchev–Trinajstić information content (AvgIpc) is 2.68. The number of rotatable bonds is 5. The van der Waals surface area contributed by atoms with E-state index < -0.39 is 0 Å². The van der Waals surface area contributed by atoms with Crippen molar-refractivity contribution in [2.24, 2.45) is 0 Å². The Morgan fingerprint density at radius 2 is 1.41 bits per heavy atom. The minimum absolute atomic E-state index is 0.0666. The van der Waals surface area contributed by atoms with Crippen LogP contribution >= 0.6 is 11.8 Å². The average molecular weight is 379 g/mol. The lowest BCUT2D eigenvalue weighted by atomic mass is 10.0. The van der Waals surface area contributed by atoms with Gasteiger partial charge in [0.15, 0.2) is 0 Å². The lowest BCUT2D eigenvalue weighted by Gasteiger charge is -2.12. The van der Waals surface area contributed by atoms with Crippen molar-refractivity contribution < 1.29 is 4.79 Å². The van der Waals surface area contributed by atoms with Gasteiger partial charge < -0.3 is 5.32 Å². The number of nitrogens with zero attached hydrogens (tertiary/aromatic N) is 3. The molecule has 0 aliphatic heterocycles. The molecule has 0 radical (unpaired) electrons. The molecule has 0 spiro atoms. The Bertz CT molecular complexity index is 939. The molecule has 0 aliphatic carbocycles. The highest BCUT2D eigenvalue weighted by Gasteiger charge is 2.18. The number of benzene rings is 2. The van der Waals surface area contributed by atoms with Crippen LogP contribution < -0.4 is 5.32 Å². The lowest BCUT2D eigenvalue weighted by Crippen LogP contribution is -2.27. The van der Waals surface area contributed by atoms with Gasteiger partial charge in [-0.3, -0.25) is 4.79 Å². The van der Waals surface area contributed by atoms with Gasteiger partial charge in [-0.05, 0) is 20.8 Å².